The number of anilines is 1. The van der Waals surface area contributed by atoms with Crippen LogP contribution in [0.15, 0.2) is 61.1 Å². The van der Waals surface area contributed by atoms with E-state index in [0.717, 1.165) is 5.56 Å². The molecule has 1 atom stereocenters. The lowest BCUT2D eigenvalue weighted by atomic mass is 10.2. The zero-order valence-electron chi connectivity index (χ0n) is 17.1. The first-order chi connectivity index (χ1) is 16.0. The molecule has 0 radical (unpaired) electrons. The number of fused-ring (bicyclic) bond motifs is 2. The average molecular weight is 450 g/mol. The molecule has 1 unspecified atom stereocenters. The van der Waals surface area contributed by atoms with E-state index in [1.165, 1.54) is 16.8 Å². The van der Waals surface area contributed by atoms with Crippen LogP contribution in [0.2, 0.25) is 0 Å². The molecule has 0 spiro atoms. The van der Waals surface area contributed by atoms with E-state index >= 15 is 0 Å². The Bertz CT molecular complexity index is 1490. The lowest BCUT2D eigenvalue weighted by Crippen LogP contribution is -2.38. The van der Waals surface area contributed by atoms with Crippen LogP contribution in [0.1, 0.15) is 0 Å². The Morgan fingerprint density at radius 1 is 1.06 bits per heavy atom. The second kappa shape index (κ2) is 7.27. The first-order valence-corrected chi connectivity index (χ1v) is 10.3. The van der Waals surface area contributed by atoms with E-state index in [4.69, 9.17) is 5.10 Å². The zero-order chi connectivity index (χ0) is 22.6. The molecule has 0 aliphatic carbocycles. The molecular formula is C22H17F3N8. The number of hydrogen-bond donors (Lipinski definition) is 2. The Hall–Kier alpha value is -3.99. The van der Waals surface area contributed by atoms with Gasteiger partial charge in [-0.1, -0.05) is 6.07 Å². The van der Waals surface area contributed by atoms with Crippen molar-refractivity contribution < 1.29 is 13.2 Å². The highest BCUT2D eigenvalue weighted by Gasteiger charge is 2.44. The maximum atomic E-state index is 14.0. The van der Waals surface area contributed by atoms with Crippen molar-refractivity contribution >= 4 is 17.0 Å². The Kier molecular flexibility index (Phi) is 4.34. The van der Waals surface area contributed by atoms with Crippen molar-refractivity contribution in [3.05, 3.63) is 66.9 Å². The molecule has 0 aromatic carbocycles. The van der Waals surface area contributed by atoms with Gasteiger partial charge in [-0.3, -0.25) is 0 Å². The van der Waals surface area contributed by atoms with Crippen molar-refractivity contribution in [2.75, 3.05) is 18.4 Å². The van der Waals surface area contributed by atoms with E-state index < -0.39 is 12.0 Å². The summed E-state index contributed by atoms with van der Waals surface area (Å²) in [5.74, 6) is -2.89. The second-order valence-corrected chi connectivity index (χ2v) is 7.86. The smallest absolute Gasteiger partial charge is 0.281 e. The van der Waals surface area contributed by atoms with Gasteiger partial charge in [-0.25, -0.2) is 32.2 Å². The molecule has 1 fully saturated rings. The van der Waals surface area contributed by atoms with Crippen molar-refractivity contribution in [3.8, 4) is 22.6 Å². The summed E-state index contributed by atoms with van der Waals surface area (Å²) in [6.45, 7) is -0.205. The van der Waals surface area contributed by atoms with Crippen molar-refractivity contribution in [2.45, 2.75) is 12.0 Å². The predicted molar refractivity (Wildman–Crippen MR) is 116 cm³/mol. The molecule has 2 N–H and O–H groups in total. The number of hydrogen-bond acceptors (Lipinski definition) is 6. The fraction of sp³-hybridized carbons (Fsp3) is 0.182. The molecule has 1 saturated heterocycles. The van der Waals surface area contributed by atoms with E-state index in [2.05, 4.69) is 25.7 Å². The van der Waals surface area contributed by atoms with Gasteiger partial charge in [0.05, 0.1) is 42.0 Å². The Labute approximate surface area is 185 Å². The minimum absolute atomic E-state index is 0.156. The van der Waals surface area contributed by atoms with Crippen LogP contribution in [0.4, 0.5) is 19.0 Å². The molecule has 6 rings (SSSR count). The third kappa shape index (κ3) is 3.37. The Balaban J connectivity index is 1.39. The van der Waals surface area contributed by atoms with Gasteiger partial charge in [0, 0.05) is 12.1 Å². The van der Waals surface area contributed by atoms with Crippen molar-refractivity contribution in [1.29, 1.82) is 0 Å². The van der Waals surface area contributed by atoms with Crippen LogP contribution in [0.3, 0.4) is 0 Å². The number of nitrogens with one attached hydrogen (secondary N) is 2. The van der Waals surface area contributed by atoms with Gasteiger partial charge >= 0.3 is 0 Å². The molecule has 1 aliphatic rings. The van der Waals surface area contributed by atoms with Crippen molar-refractivity contribution in [3.63, 3.8) is 0 Å². The molecule has 166 valence electrons. The van der Waals surface area contributed by atoms with Crippen LogP contribution in [0, 0.1) is 5.82 Å². The first kappa shape index (κ1) is 19.7. The number of halogens is 3. The number of pyridine rings is 2. The summed E-state index contributed by atoms with van der Waals surface area (Å²) in [5, 5.41) is 14.4. The van der Waals surface area contributed by atoms with Crippen LogP contribution in [0.5, 0.6) is 0 Å². The van der Waals surface area contributed by atoms with Gasteiger partial charge < -0.3 is 10.6 Å². The third-order valence-corrected chi connectivity index (χ3v) is 5.67. The van der Waals surface area contributed by atoms with Gasteiger partial charge in [-0.15, -0.1) is 0 Å². The van der Waals surface area contributed by atoms with Gasteiger partial charge in [-0.2, -0.15) is 10.2 Å². The molecule has 11 heteroatoms. The summed E-state index contributed by atoms with van der Waals surface area (Å²) >= 11 is 0. The fourth-order valence-corrected chi connectivity index (χ4v) is 4.00. The molecule has 5 aromatic rings. The minimum Gasteiger partial charge on any atom is -0.360 e. The highest BCUT2D eigenvalue weighted by Crippen LogP contribution is 2.27. The fourth-order valence-electron chi connectivity index (χ4n) is 4.00. The predicted octanol–water partition coefficient (Wildman–Crippen LogP) is 3.26. The molecule has 1 aliphatic heterocycles. The minimum atomic E-state index is -2.85. The number of imidazole rings is 1. The Morgan fingerprint density at radius 3 is 2.82 bits per heavy atom. The maximum absolute atomic E-state index is 14.0. The van der Waals surface area contributed by atoms with E-state index in [0.29, 0.717) is 34.1 Å². The monoisotopic (exact) mass is 450 g/mol. The highest BCUT2D eigenvalue weighted by atomic mass is 19.3. The lowest BCUT2D eigenvalue weighted by Gasteiger charge is -2.19. The molecular weight excluding hydrogens is 433 g/mol. The number of aromatic nitrogens is 6. The van der Waals surface area contributed by atoms with Crippen LogP contribution >= 0.6 is 0 Å². The standard InChI is InChI=1S/C22H17F3N8/c23-13-4-6-17-14(8-28-32(17)11-13)15-5-7-21-27-9-18(33(21)31-15)16-2-1-3-20(29-16)30-19-10-26-12-22(19,24)25/h1-9,11,19,26H,10,12H2,(H,29,30). The molecule has 5 aromatic heterocycles. The summed E-state index contributed by atoms with van der Waals surface area (Å²) in [4.78, 5) is 8.90. The Morgan fingerprint density at radius 2 is 1.97 bits per heavy atom. The average Bonchev–Trinajstić information content (AvgIpc) is 3.50. The summed E-state index contributed by atoms with van der Waals surface area (Å²) in [7, 11) is 0. The summed E-state index contributed by atoms with van der Waals surface area (Å²) in [5.41, 5.74) is 3.80. The van der Waals surface area contributed by atoms with Gasteiger partial charge in [0.25, 0.3) is 5.92 Å². The highest BCUT2D eigenvalue weighted by molar-refractivity contribution is 5.78. The number of alkyl halides is 2. The van der Waals surface area contributed by atoms with Crippen LogP contribution < -0.4 is 10.6 Å². The van der Waals surface area contributed by atoms with Gasteiger partial charge in [-0.05, 0) is 36.4 Å². The van der Waals surface area contributed by atoms with E-state index in [1.807, 2.05) is 12.1 Å². The number of nitrogens with zero attached hydrogens (tertiary/aromatic N) is 6. The molecule has 8 nitrogen and oxygen atoms in total. The SMILES string of the molecule is Fc1ccc2c(-c3ccc4ncc(-c5cccc(NC6CNCC6(F)F)n5)n4n3)cnn2c1. The first-order valence-electron chi connectivity index (χ1n) is 10.3. The third-order valence-electron chi connectivity index (χ3n) is 5.67. The quantitative estimate of drug-likeness (QED) is 0.437. The topological polar surface area (TPSA) is 84.4 Å². The normalized spacial score (nSPS) is 17.7. The summed E-state index contributed by atoms with van der Waals surface area (Å²) < 4.78 is 44.6. The lowest BCUT2D eigenvalue weighted by molar-refractivity contribution is 0.0138. The van der Waals surface area contributed by atoms with Crippen LogP contribution in [-0.2, 0) is 0 Å². The van der Waals surface area contributed by atoms with Gasteiger partial charge in [0.1, 0.15) is 23.4 Å². The van der Waals surface area contributed by atoms with Crippen molar-refractivity contribution in [1.82, 2.24) is 34.5 Å². The largest absolute Gasteiger partial charge is 0.360 e. The van der Waals surface area contributed by atoms with Crippen LogP contribution in [0.25, 0.3) is 33.8 Å². The molecule has 6 heterocycles. The second-order valence-electron chi connectivity index (χ2n) is 7.86. The van der Waals surface area contributed by atoms with Crippen molar-refractivity contribution in [2.24, 2.45) is 0 Å². The van der Waals surface area contributed by atoms with E-state index in [-0.39, 0.29) is 18.9 Å². The maximum Gasteiger partial charge on any atom is 0.281 e. The molecule has 0 bridgehead atoms. The van der Waals surface area contributed by atoms with E-state index in [1.54, 1.807) is 41.2 Å². The summed E-state index contributed by atoms with van der Waals surface area (Å²) in [6.07, 6.45) is 4.55. The van der Waals surface area contributed by atoms with Gasteiger partial charge in [0.15, 0.2) is 5.65 Å². The molecule has 0 saturated carbocycles. The van der Waals surface area contributed by atoms with Gasteiger partial charge in [0.2, 0.25) is 0 Å². The zero-order valence-corrected chi connectivity index (χ0v) is 17.1. The van der Waals surface area contributed by atoms with E-state index in [9.17, 15) is 13.2 Å². The molecule has 33 heavy (non-hydrogen) atoms. The molecule has 0 amide bonds. The summed E-state index contributed by atoms with van der Waals surface area (Å²) in [6, 6.07) is 10.8. The number of rotatable bonds is 4. The van der Waals surface area contributed by atoms with Crippen LogP contribution in [-0.4, -0.2) is 54.2 Å².